The van der Waals surface area contributed by atoms with E-state index in [2.05, 4.69) is 0 Å². The van der Waals surface area contributed by atoms with Crippen LogP contribution in [0.1, 0.15) is 0 Å². The van der Waals surface area contributed by atoms with E-state index in [0.717, 1.165) is 0 Å². The molecule has 3 radical (unpaired) electrons. The molecule has 0 aromatic heterocycles. The molecule has 0 amide bonds. The lowest BCUT2D eigenvalue weighted by atomic mass is 11.5. The Labute approximate surface area is 178 Å². The van der Waals surface area contributed by atoms with E-state index < -0.39 is 61.2 Å². The maximum absolute atomic E-state index is 10.8. The molecule has 0 aliphatic rings. The summed E-state index contributed by atoms with van der Waals surface area (Å²) in [5.74, 6) is -31.0. The Morgan fingerprint density at radius 2 is 0.300 bits per heavy atom. The second kappa shape index (κ2) is 15.7. The SMILES string of the molecule is Cl.Cl.Cl.FC(F)(F)[P]C(F)(F)F.FC(F)(F)[P]C(F)(F)F.FC(F)(F)[P]C(F)(F)F. The van der Waals surface area contributed by atoms with Crippen LogP contribution in [0.3, 0.4) is 0 Å². The van der Waals surface area contributed by atoms with Crippen LogP contribution in [-0.4, -0.2) is 35.5 Å². The third-order valence-electron chi connectivity index (χ3n) is 0.761. The molecule has 0 aliphatic carbocycles. The van der Waals surface area contributed by atoms with Crippen molar-refractivity contribution in [2.24, 2.45) is 0 Å². The van der Waals surface area contributed by atoms with Gasteiger partial charge in [-0.25, -0.2) is 0 Å². The van der Waals surface area contributed by atoms with Crippen molar-refractivity contribution in [3.63, 3.8) is 0 Å². The van der Waals surface area contributed by atoms with E-state index in [1.165, 1.54) is 0 Å². The maximum atomic E-state index is 10.8. The zero-order chi connectivity index (χ0) is 23.1. The Hall–Kier alpha value is 0.900. The van der Waals surface area contributed by atoms with Gasteiger partial charge >= 0.3 is 35.5 Å². The molecule has 0 rings (SSSR count). The highest BCUT2D eigenvalue weighted by atomic mass is 35.5. The van der Waals surface area contributed by atoms with E-state index in [9.17, 15) is 79.0 Å². The van der Waals surface area contributed by atoms with Gasteiger partial charge in [-0.3, -0.25) is 0 Å². The summed E-state index contributed by atoms with van der Waals surface area (Å²) >= 11 is 0. The summed E-state index contributed by atoms with van der Waals surface area (Å²) in [6, 6.07) is 0. The summed E-state index contributed by atoms with van der Waals surface area (Å²) in [4.78, 5) is 0. The van der Waals surface area contributed by atoms with E-state index >= 15 is 0 Å². The minimum Gasteiger partial charge on any atom is -0.166 e. The normalized spacial score (nSPS) is 12.6. The molecule has 0 unspecified atom stereocenters. The second-order valence-corrected chi connectivity index (χ2v) is 6.86. The minimum atomic E-state index is -5.17. The third-order valence-corrected chi connectivity index (χ3v) is 2.28. The maximum Gasteiger partial charge on any atom is 0.418 e. The van der Waals surface area contributed by atoms with Crippen molar-refractivity contribution >= 4 is 63.0 Å². The molecule has 24 heteroatoms. The first-order chi connectivity index (χ1) is 11.1. The number of hydrogen-bond acceptors (Lipinski definition) is 0. The first kappa shape index (κ1) is 44.6. The van der Waals surface area contributed by atoms with Crippen LogP contribution in [0.25, 0.3) is 0 Å². The molecular weight excluding hydrogens is 613 g/mol. The van der Waals surface area contributed by atoms with Crippen molar-refractivity contribution in [3.8, 4) is 0 Å². The van der Waals surface area contributed by atoms with Crippen molar-refractivity contribution in [1.29, 1.82) is 0 Å². The summed E-state index contributed by atoms with van der Waals surface area (Å²) in [5, 5.41) is 0. The van der Waals surface area contributed by atoms with E-state index in [4.69, 9.17) is 0 Å². The van der Waals surface area contributed by atoms with Crippen molar-refractivity contribution in [2.45, 2.75) is 35.5 Å². The summed E-state index contributed by atoms with van der Waals surface area (Å²) in [6.07, 6.45) is 0. The predicted octanol–water partition coefficient (Wildman–Crippen LogP) is 10.2. The number of alkyl halides is 18. The number of halogens is 21. The van der Waals surface area contributed by atoms with Crippen molar-refractivity contribution < 1.29 is 79.0 Å². The van der Waals surface area contributed by atoms with Crippen LogP contribution in [0, 0.1) is 0 Å². The molecule has 0 aromatic carbocycles. The molecule has 0 N–H and O–H groups in total. The second-order valence-electron chi connectivity index (χ2n) is 3.14. The average Bonchev–Trinajstić information content (AvgIpc) is 1.96. The van der Waals surface area contributed by atoms with Crippen molar-refractivity contribution in [3.05, 3.63) is 0 Å². The van der Waals surface area contributed by atoms with Crippen LogP contribution in [0.15, 0.2) is 0 Å². The third kappa shape index (κ3) is 63.0. The fraction of sp³-hybridized carbons (Fsp3) is 1.00. The van der Waals surface area contributed by atoms with Crippen molar-refractivity contribution in [2.75, 3.05) is 0 Å². The van der Waals surface area contributed by atoms with Crippen LogP contribution < -0.4 is 0 Å². The van der Waals surface area contributed by atoms with Gasteiger partial charge in [0.1, 0.15) is 0 Å². The Kier molecular flexibility index (Phi) is 23.3. The topological polar surface area (TPSA) is 0 Å². The fourth-order valence-electron chi connectivity index (χ4n) is 0.431. The van der Waals surface area contributed by atoms with Gasteiger partial charge < -0.3 is 0 Å². The zero-order valence-corrected chi connectivity index (χ0v) is 17.5. The van der Waals surface area contributed by atoms with Gasteiger partial charge in [0.25, 0.3) is 0 Å². The Balaban J connectivity index is -0.0000000686. The van der Waals surface area contributed by atoms with Crippen molar-refractivity contribution in [1.82, 2.24) is 0 Å². The monoisotopic (exact) mass is 615 g/mol. The highest BCUT2D eigenvalue weighted by Crippen LogP contribution is 2.50. The Bertz CT molecular complexity index is 305. The number of hydrogen-bond donors (Lipinski definition) is 0. The average molecular weight is 616 g/mol. The van der Waals surface area contributed by atoms with E-state index in [-0.39, 0.29) is 37.2 Å². The summed E-state index contributed by atoms with van der Waals surface area (Å²) in [6.45, 7) is 0. The van der Waals surface area contributed by atoms with E-state index in [0.29, 0.717) is 0 Å². The molecule has 30 heavy (non-hydrogen) atoms. The molecule has 0 aliphatic heterocycles. The van der Waals surface area contributed by atoms with Gasteiger partial charge in [0.15, 0.2) is 25.7 Å². The van der Waals surface area contributed by atoms with E-state index in [1.54, 1.807) is 0 Å². The first-order valence-corrected chi connectivity index (χ1v) is 7.43. The van der Waals surface area contributed by atoms with Gasteiger partial charge in [-0.15, -0.1) is 37.2 Å². The Morgan fingerprint density at radius 3 is 0.300 bits per heavy atom. The van der Waals surface area contributed by atoms with Crippen LogP contribution in [-0.2, 0) is 0 Å². The highest BCUT2D eigenvalue weighted by molar-refractivity contribution is 7.40. The molecule has 0 nitrogen and oxygen atoms in total. The van der Waals surface area contributed by atoms with Gasteiger partial charge in [-0.1, -0.05) is 0 Å². The Morgan fingerprint density at radius 1 is 0.233 bits per heavy atom. The molecule has 189 valence electrons. The highest BCUT2D eigenvalue weighted by Gasteiger charge is 2.46. The van der Waals surface area contributed by atoms with Gasteiger partial charge in [-0.05, 0) is 0 Å². The van der Waals surface area contributed by atoms with Crippen LogP contribution in [0.4, 0.5) is 79.0 Å². The van der Waals surface area contributed by atoms with Gasteiger partial charge in [0.05, 0.1) is 0 Å². The smallest absolute Gasteiger partial charge is 0.166 e. The molecule has 0 spiro atoms. The first-order valence-electron chi connectivity index (χ1n) is 4.74. The largest absolute Gasteiger partial charge is 0.418 e. The lowest BCUT2D eigenvalue weighted by Crippen LogP contribution is -2.08. The van der Waals surface area contributed by atoms with E-state index in [1.807, 2.05) is 0 Å². The van der Waals surface area contributed by atoms with Crippen LogP contribution in [0.5, 0.6) is 0 Å². The molecule has 0 saturated heterocycles. The van der Waals surface area contributed by atoms with Crippen LogP contribution >= 0.6 is 63.0 Å². The molecule has 0 aromatic rings. The molecule has 0 fully saturated rings. The standard InChI is InChI=1S/3C2F6P.3ClH/c3*3-1(4,5)9-2(6,7)8;;;/h;;;3*1H. The molecule has 0 bridgehead atoms. The molecule has 0 heterocycles. The summed E-state index contributed by atoms with van der Waals surface area (Å²) < 4.78 is 195. The predicted molar refractivity (Wildman–Crippen MR) is 78.8 cm³/mol. The fourth-order valence-corrected chi connectivity index (χ4v) is 1.29. The zero-order valence-electron chi connectivity index (χ0n) is 12.4. The molecule has 0 saturated carbocycles. The summed E-state index contributed by atoms with van der Waals surface area (Å²) in [7, 11) is -7.40. The lowest BCUT2D eigenvalue weighted by Gasteiger charge is -2.06. The van der Waals surface area contributed by atoms with Gasteiger partial charge in [0, 0.05) is 0 Å². The minimum absolute atomic E-state index is 0. The number of rotatable bonds is 0. The molecular formula is C6H3Cl3F18P3. The molecule has 0 atom stereocenters. The summed E-state index contributed by atoms with van der Waals surface area (Å²) in [5.41, 5.74) is 0. The van der Waals surface area contributed by atoms with Gasteiger partial charge in [0.2, 0.25) is 0 Å². The van der Waals surface area contributed by atoms with Gasteiger partial charge in [-0.2, -0.15) is 79.0 Å². The van der Waals surface area contributed by atoms with Crippen LogP contribution in [0.2, 0.25) is 0 Å². The lowest BCUT2D eigenvalue weighted by molar-refractivity contribution is -0.0792. The quantitative estimate of drug-likeness (QED) is 0.188.